The van der Waals surface area contributed by atoms with Crippen LogP contribution in [0, 0.1) is 22.9 Å². The molecule has 2 aromatic heterocycles. The van der Waals surface area contributed by atoms with Crippen molar-refractivity contribution < 1.29 is 4.74 Å². The van der Waals surface area contributed by atoms with E-state index < -0.39 is 16.1 Å². The average molecular weight is 579 g/mol. The molecule has 2 N–H and O–H groups in total. The molecule has 0 radical (unpaired) electrons. The second kappa shape index (κ2) is 13.7. The van der Waals surface area contributed by atoms with Gasteiger partial charge in [-0.15, -0.1) is 11.1 Å². The number of nitrogens with zero attached hydrogens (tertiary/aromatic N) is 2. The van der Waals surface area contributed by atoms with Crippen molar-refractivity contribution in [3.05, 3.63) is 95.1 Å². The highest BCUT2D eigenvalue weighted by molar-refractivity contribution is 6.84. The van der Waals surface area contributed by atoms with E-state index in [9.17, 15) is 0 Å². The lowest BCUT2D eigenvalue weighted by atomic mass is 10.0. The molecule has 4 aromatic rings. The third kappa shape index (κ3) is 10.3. The zero-order valence-corrected chi connectivity index (χ0v) is 27.3. The molecular weight excluding hydrogens is 537 g/mol. The minimum absolute atomic E-state index is 0.893. The number of imidazole rings is 2. The molecule has 0 saturated carbocycles. The van der Waals surface area contributed by atoms with Crippen LogP contribution in [0.5, 0.6) is 11.5 Å². The summed E-state index contributed by atoms with van der Waals surface area (Å²) in [7, 11) is -2.95. The van der Waals surface area contributed by atoms with Crippen LogP contribution >= 0.6 is 0 Å². The fraction of sp³-hybridized carbons (Fsp3) is 0.353. The van der Waals surface area contributed by atoms with Crippen LogP contribution in [0.25, 0.3) is 0 Å². The SMILES string of the molecule is C[Si](C)(C)C#Cc1ccc(Oc2ccc(C#C[Si](C)(C)C)cc2CCCc2cnc[nH]2)c(CCCc2cnc[nH]2)c1. The monoisotopic (exact) mass is 578 g/mol. The molecular formula is C34H42N4OSi2. The molecule has 0 amide bonds. The second-order valence-electron chi connectivity index (χ2n) is 12.6. The predicted octanol–water partition coefficient (Wildman–Crippen LogP) is 7.73. The predicted molar refractivity (Wildman–Crippen MR) is 175 cm³/mol. The minimum Gasteiger partial charge on any atom is -0.457 e. The van der Waals surface area contributed by atoms with E-state index >= 15 is 0 Å². The highest BCUT2D eigenvalue weighted by Gasteiger charge is 2.13. The van der Waals surface area contributed by atoms with Crippen LogP contribution < -0.4 is 4.74 Å². The first kappa shape index (κ1) is 30.2. The zero-order valence-electron chi connectivity index (χ0n) is 25.3. The molecule has 2 aromatic carbocycles. The number of aromatic amines is 2. The summed E-state index contributed by atoms with van der Waals surface area (Å²) in [6, 6.07) is 12.8. The van der Waals surface area contributed by atoms with Crippen molar-refractivity contribution in [3.8, 4) is 34.4 Å². The molecule has 0 aliphatic heterocycles. The first-order valence-corrected chi connectivity index (χ1v) is 21.5. The largest absolute Gasteiger partial charge is 0.457 e. The van der Waals surface area contributed by atoms with Crippen LogP contribution in [0.3, 0.4) is 0 Å². The molecule has 0 bridgehead atoms. The third-order valence-electron chi connectivity index (χ3n) is 6.40. The highest BCUT2D eigenvalue weighted by Crippen LogP contribution is 2.31. The Hall–Kier alpha value is -3.79. The smallest absolute Gasteiger partial charge is 0.130 e. The number of H-pyrrole nitrogens is 2. The van der Waals surface area contributed by atoms with Crippen LogP contribution in [0.1, 0.15) is 46.5 Å². The van der Waals surface area contributed by atoms with Crippen LogP contribution in [0.4, 0.5) is 0 Å². The Morgan fingerprint density at radius 3 is 1.44 bits per heavy atom. The number of hydrogen-bond acceptors (Lipinski definition) is 3. The summed E-state index contributed by atoms with van der Waals surface area (Å²) in [6.45, 7) is 13.6. The molecule has 0 atom stereocenters. The van der Waals surface area contributed by atoms with Crippen LogP contribution in [-0.4, -0.2) is 36.1 Å². The van der Waals surface area contributed by atoms with Gasteiger partial charge in [0.1, 0.15) is 27.6 Å². The number of benzene rings is 2. The van der Waals surface area contributed by atoms with E-state index in [2.05, 4.69) is 119 Å². The Morgan fingerprint density at radius 2 is 1.07 bits per heavy atom. The number of nitrogens with one attached hydrogen (secondary N) is 2. The summed E-state index contributed by atoms with van der Waals surface area (Å²) in [5.74, 6) is 8.64. The minimum atomic E-state index is -1.48. The van der Waals surface area contributed by atoms with Gasteiger partial charge in [-0.25, -0.2) is 9.97 Å². The van der Waals surface area contributed by atoms with Gasteiger partial charge in [-0.3, -0.25) is 0 Å². The van der Waals surface area contributed by atoms with Gasteiger partial charge >= 0.3 is 0 Å². The van der Waals surface area contributed by atoms with Crippen LogP contribution in [-0.2, 0) is 25.7 Å². The fourth-order valence-corrected chi connectivity index (χ4v) is 5.36. The molecule has 0 unspecified atom stereocenters. The molecule has 4 rings (SSSR count). The maximum atomic E-state index is 6.70. The topological polar surface area (TPSA) is 66.6 Å². The van der Waals surface area contributed by atoms with Gasteiger partial charge in [-0.2, -0.15) is 0 Å². The molecule has 7 heteroatoms. The van der Waals surface area contributed by atoms with E-state index in [-0.39, 0.29) is 0 Å². The Bertz CT molecular complexity index is 1420. The van der Waals surface area contributed by atoms with E-state index in [1.807, 2.05) is 12.4 Å². The first-order valence-electron chi connectivity index (χ1n) is 14.5. The van der Waals surface area contributed by atoms with Gasteiger partial charge in [0.25, 0.3) is 0 Å². The zero-order chi connectivity index (χ0) is 29.3. The quantitative estimate of drug-likeness (QED) is 0.149. The van der Waals surface area contributed by atoms with E-state index in [4.69, 9.17) is 4.74 Å². The summed E-state index contributed by atoms with van der Waals surface area (Å²) >= 11 is 0. The van der Waals surface area contributed by atoms with Gasteiger partial charge < -0.3 is 14.7 Å². The lowest BCUT2D eigenvalue weighted by Crippen LogP contribution is -2.16. The maximum Gasteiger partial charge on any atom is 0.130 e. The van der Waals surface area contributed by atoms with Crippen molar-refractivity contribution in [2.45, 2.75) is 77.8 Å². The van der Waals surface area contributed by atoms with Crippen LogP contribution in [0.2, 0.25) is 39.3 Å². The summed E-state index contributed by atoms with van der Waals surface area (Å²) < 4.78 is 6.70. The number of rotatable bonds is 10. The van der Waals surface area contributed by atoms with Gasteiger partial charge in [0, 0.05) is 34.9 Å². The Labute approximate surface area is 247 Å². The third-order valence-corrected chi connectivity index (χ3v) is 8.15. The lowest BCUT2D eigenvalue weighted by Gasteiger charge is -2.16. The van der Waals surface area contributed by atoms with Crippen molar-refractivity contribution in [3.63, 3.8) is 0 Å². The molecule has 5 nitrogen and oxygen atoms in total. The van der Waals surface area contributed by atoms with Crippen molar-refractivity contribution in [1.29, 1.82) is 0 Å². The number of aryl methyl sites for hydroxylation is 4. The molecule has 2 heterocycles. The van der Waals surface area contributed by atoms with E-state index in [0.717, 1.165) is 72.5 Å². The second-order valence-corrected chi connectivity index (χ2v) is 22.1. The number of aromatic nitrogens is 4. The molecule has 0 fully saturated rings. The van der Waals surface area contributed by atoms with Gasteiger partial charge in [0.2, 0.25) is 0 Å². The fourth-order valence-electron chi connectivity index (χ4n) is 4.32. The molecule has 0 saturated heterocycles. The standard InChI is InChI=1S/C34H42N4OSi2/c1-40(2,3)19-17-27-13-15-33(29(21-27)9-7-11-31-23-35-25-37-31)39-34-16-14-28(18-20-41(4,5)6)22-30(34)10-8-12-32-24-36-26-38-32/h13-16,21-26H,7-12H2,1-6H3,(H,35,37)(H,36,38). The first-order chi connectivity index (χ1) is 19.5. The van der Waals surface area contributed by atoms with E-state index in [0.29, 0.717) is 0 Å². The molecule has 212 valence electrons. The van der Waals surface area contributed by atoms with Crippen molar-refractivity contribution >= 4 is 16.1 Å². The van der Waals surface area contributed by atoms with Gasteiger partial charge in [-0.1, -0.05) is 51.1 Å². The van der Waals surface area contributed by atoms with Gasteiger partial charge in [0.05, 0.1) is 12.7 Å². The molecule has 0 aliphatic rings. The van der Waals surface area contributed by atoms with Crippen molar-refractivity contribution in [1.82, 2.24) is 19.9 Å². The summed E-state index contributed by atoms with van der Waals surface area (Å²) in [5, 5.41) is 0. The number of ether oxygens (including phenoxy) is 1. The van der Waals surface area contributed by atoms with Gasteiger partial charge in [-0.05, 0) is 86.1 Å². The summed E-state index contributed by atoms with van der Waals surface area (Å²) in [5.41, 5.74) is 13.8. The lowest BCUT2D eigenvalue weighted by molar-refractivity contribution is 0.468. The van der Waals surface area contributed by atoms with E-state index in [1.165, 1.54) is 11.1 Å². The normalized spacial score (nSPS) is 11.4. The maximum absolute atomic E-state index is 6.70. The average Bonchev–Trinajstić information content (AvgIpc) is 3.62. The number of hydrogen-bond donors (Lipinski definition) is 2. The molecule has 0 aliphatic carbocycles. The van der Waals surface area contributed by atoms with Crippen molar-refractivity contribution in [2.24, 2.45) is 0 Å². The van der Waals surface area contributed by atoms with Gasteiger partial charge in [0.15, 0.2) is 0 Å². The highest BCUT2D eigenvalue weighted by atomic mass is 28.3. The molecule has 41 heavy (non-hydrogen) atoms. The Kier molecular flexibility index (Phi) is 10.1. The van der Waals surface area contributed by atoms with Crippen LogP contribution in [0.15, 0.2) is 61.4 Å². The molecule has 0 spiro atoms. The summed E-state index contributed by atoms with van der Waals surface area (Å²) in [4.78, 5) is 14.7. The Morgan fingerprint density at radius 1 is 0.634 bits per heavy atom. The van der Waals surface area contributed by atoms with Crippen molar-refractivity contribution in [2.75, 3.05) is 0 Å². The van der Waals surface area contributed by atoms with E-state index in [1.54, 1.807) is 12.7 Å². The summed E-state index contributed by atoms with van der Waals surface area (Å²) in [6.07, 6.45) is 12.9. The Balaban J connectivity index is 1.61.